The lowest BCUT2D eigenvalue weighted by Crippen LogP contribution is -2.27. The first kappa shape index (κ1) is 15.3. The summed E-state index contributed by atoms with van der Waals surface area (Å²) in [6.45, 7) is 5.50. The Morgan fingerprint density at radius 1 is 1.30 bits per heavy atom. The molecule has 0 saturated carbocycles. The lowest BCUT2D eigenvalue weighted by molar-refractivity contribution is 0.597. The highest BCUT2D eigenvalue weighted by Gasteiger charge is 2.19. The van der Waals surface area contributed by atoms with Gasteiger partial charge in [0.15, 0.2) is 9.84 Å². The zero-order valence-corrected chi connectivity index (χ0v) is 13.1. The van der Waals surface area contributed by atoms with E-state index in [1.54, 1.807) is 0 Å². The Balaban J connectivity index is 2.15. The standard InChI is InChI=1S/C15H24N2O2S/c1-12-10-15(5-4-14(12)11-13(2)16)17-6-3-8-20(18,19)9-7-17/h4-5,10,13H,3,6-9,11,16H2,1-2H3. The molecular formula is C15H24N2O2S. The molecule has 1 aliphatic heterocycles. The van der Waals surface area contributed by atoms with E-state index in [1.165, 1.54) is 11.1 Å². The summed E-state index contributed by atoms with van der Waals surface area (Å²) in [4.78, 5) is 2.17. The number of benzene rings is 1. The molecule has 1 saturated heterocycles. The van der Waals surface area contributed by atoms with E-state index < -0.39 is 9.84 Å². The summed E-state index contributed by atoms with van der Waals surface area (Å²) < 4.78 is 23.3. The fraction of sp³-hybridized carbons (Fsp3) is 0.600. The van der Waals surface area contributed by atoms with Gasteiger partial charge >= 0.3 is 0 Å². The molecule has 2 rings (SSSR count). The van der Waals surface area contributed by atoms with Crippen LogP contribution >= 0.6 is 0 Å². The predicted molar refractivity (Wildman–Crippen MR) is 84.0 cm³/mol. The van der Waals surface area contributed by atoms with Gasteiger partial charge in [0.05, 0.1) is 11.5 Å². The summed E-state index contributed by atoms with van der Waals surface area (Å²) in [6, 6.07) is 6.51. The maximum Gasteiger partial charge on any atom is 0.152 e. The number of hydrogen-bond acceptors (Lipinski definition) is 4. The Bertz CT molecular complexity index is 567. The van der Waals surface area contributed by atoms with E-state index in [-0.39, 0.29) is 11.8 Å². The molecule has 2 N–H and O–H groups in total. The van der Waals surface area contributed by atoms with E-state index in [9.17, 15) is 8.42 Å². The molecule has 112 valence electrons. The lowest BCUT2D eigenvalue weighted by Gasteiger charge is -2.23. The summed E-state index contributed by atoms with van der Waals surface area (Å²) in [5.41, 5.74) is 9.46. The van der Waals surface area contributed by atoms with Gasteiger partial charge in [0, 0.05) is 24.8 Å². The van der Waals surface area contributed by atoms with E-state index in [0.29, 0.717) is 18.7 Å². The molecule has 20 heavy (non-hydrogen) atoms. The van der Waals surface area contributed by atoms with Gasteiger partial charge in [-0.3, -0.25) is 0 Å². The number of nitrogens with two attached hydrogens (primary N) is 1. The zero-order valence-electron chi connectivity index (χ0n) is 12.3. The molecule has 1 heterocycles. The van der Waals surface area contributed by atoms with E-state index >= 15 is 0 Å². The Morgan fingerprint density at radius 2 is 2.05 bits per heavy atom. The molecule has 0 amide bonds. The van der Waals surface area contributed by atoms with Crippen LogP contribution in [0.5, 0.6) is 0 Å². The van der Waals surface area contributed by atoms with E-state index in [2.05, 4.69) is 30.0 Å². The van der Waals surface area contributed by atoms with Gasteiger partial charge in [-0.15, -0.1) is 0 Å². The summed E-state index contributed by atoms with van der Waals surface area (Å²) in [7, 11) is -2.85. The maximum atomic E-state index is 11.6. The highest BCUT2D eigenvalue weighted by Crippen LogP contribution is 2.22. The van der Waals surface area contributed by atoms with Gasteiger partial charge in [-0.2, -0.15) is 0 Å². The summed E-state index contributed by atoms with van der Waals surface area (Å²) >= 11 is 0. The molecule has 1 aromatic rings. The molecule has 0 bridgehead atoms. The van der Waals surface area contributed by atoms with Gasteiger partial charge < -0.3 is 10.6 Å². The highest BCUT2D eigenvalue weighted by atomic mass is 32.2. The van der Waals surface area contributed by atoms with Crippen molar-refractivity contribution in [3.63, 3.8) is 0 Å². The highest BCUT2D eigenvalue weighted by molar-refractivity contribution is 7.91. The Kier molecular flexibility index (Phi) is 4.70. The molecular weight excluding hydrogens is 272 g/mol. The Hall–Kier alpha value is -1.07. The van der Waals surface area contributed by atoms with Gasteiger partial charge in [0.1, 0.15) is 0 Å². The first-order valence-corrected chi connectivity index (χ1v) is 9.00. The molecule has 1 fully saturated rings. The van der Waals surface area contributed by atoms with E-state index in [1.807, 2.05) is 6.92 Å². The van der Waals surface area contributed by atoms with Crippen LogP contribution in [-0.2, 0) is 16.3 Å². The number of hydrogen-bond donors (Lipinski definition) is 1. The maximum absolute atomic E-state index is 11.6. The second-order valence-electron chi connectivity index (χ2n) is 5.78. The number of sulfone groups is 1. The molecule has 5 heteroatoms. The second-order valence-corrected chi connectivity index (χ2v) is 8.09. The molecule has 1 atom stereocenters. The first-order valence-electron chi connectivity index (χ1n) is 7.18. The zero-order chi connectivity index (χ0) is 14.8. The number of aryl methyl sites for hydroxylation is 1. The summed E-state index contributed by atoms with van der Waals surface area (Å²) in [6.07, 6.45) is 1.59. The minimum atomic E-state index is -2.85. The van der Waals surface area contributed by atoms with Gasteiger partial charge in [0.25, 0.3) is 0 Å². The van der Waals surface area contributed by atoms with Crippen LogP contribution in [0.1, 0.15) is 24.5 Å². The molecule has 1 aliphatic rings. The predicted octanol–water partition coefficient (Wildman–Crippen LogP) is 1.51. The van der Waals surface area contributed by atoms with Crippen molar-refractivity contribution in [3.8, 4) is 0 Å². The molecule has 0 aliphatic carbocycles. The molecule has 0 spiro atoms. The van der Waals surface area contributed by atoms with Gasteiger partial charge in [0.2, 0.25) is 0 Å². The molecule has 1 aromatic carbocycles. The van der Waals surface area contributed by atoms with Crippen molar-refractivity contribution in [2.75, 3.05) is 29.5 Å². The van der Waals surface area contributed by atoms with Crippen molar-refractivity contribution in [1.29, 1.82) is 0 Å². The van der Waals surface area contributed by atoms with Crippen LogP contribution in [0.15, 0.2) is 18.2 Å². The number of nitrogens with zero attached hydrogens (tertiary/aromatic N) is 1. The van der Waals surface area contributed by atoms with Crippen LogP contribution in [-0.4, -0.2) is 39.1 Å². The van der Waals surface area contributed by atoms with Crippen molar-refractivity contribution in [3.05, 3.63) is 29.3 Å². The monoisotopic (exact) mass is 296 g/mol. The van der Waals surface area contributed by atoms with Crippen LogP contribution in [0.2, 0.25) is 0 Å². The summed E-state index contributed by atoms with van der Waals surface area (Å²) in [5, 5.41) is 0. The third-order valence-corrected chi connectivity index (χ3v) is 5.50. The first-order chi connectivity index (χ1) is 9.37. The second kappa shape index (κ2) is 6.14. The third-order valence-electron chi connectivity index (χ3n) is 3.79. The van der Waals surface area contributed by atoms with Gasteiger partial charge in [-0.05, 0) is 49.9 Å². The van der Waals surface area contributed by atoms with Crippen LogP contribution in [0.4, 0.5) is 5.69 Å². The van der Waals surface area contributed by atoms with Crippen LogP contribution in [0.25, 0.3) is 0 Å². The average Bonchev–Trinajstić information content (AvgIpc) is 2.52. The van der Waals surface area contributed by atoms with Crippen molar-refractivity contribution >= 4 is 15.5 Å². The van der Waals surface area contributed by atoms with E-state index in [4.69, 9.17) is 5.73 Å². The lowest BCUT2D eigenvalue weighted by atomic mass is 10.0. The quantitative estimate of drug-likeness (QED) is 0.918. The van der Waals surface area contributed by atoms with Gasteiger partial charge in [-0.1, -0.05) is 6.07 Å². The molecule has 1 unspecified atom stereocenters. The van der Waals surface area contributed by atoms with E-state index in [0.717, 1.165) is 18.7 Å². The molecule has 4 nitrogen and oxygen atoms in total. The molecule has 0 radical (unpaired) electrons. The van der Waals surface area contributed by atoms with Crippen LogP contribution in [0.3, 0.4) is 0 Å². The smallest absolute Gasteiger partial charge is 0.152 e. The largest absolute Gasteiger partial charge is 0.370 e. The van der Waals surface area contributed by atoms with Crippen LogP contribution in [0, 0.1) is 6.92 Å². The number of rotatable bonds is 3. The summed E-state index contributed by atoms with van der Waals surface area (Å²) in [5.74, 6) is 0.568. The fourth-order valence-electron chi connectivity index (χ4n) is 2.65. The van der Waals surface area contributed by atoms with Crippen LogP contribution < -0.4 is 10.6 Å². The topological polar surface area (TPSA) is 63.4 Å². The Morgan fingerprint density at radius 3 is 2.70 bits per heavy atom. The Labute approximate surface area is 121 Å². The fourth-order valence-corrected chi connectivity index (χ4v) is 3.92. The minimum absolute atomic E-state index is 0.155. The normalized spacial score (nSPS) is 20.4. The van der Waals surface area contributed by atoms with Crippen molar-refractivity contribution in [2.45, 2.75) is 32.7 Å². The molecule has 0 aromatic heterocycles. The number of anilines is 1. The average molecular weight is 296 g/mol. The van der Waals surface area contributed by atoms with Crippen molar-refractivity contribution < 1.29 is 8.42 Å². The third kappa shape index (κ3) is 3.96. The minimum Gasteiger partial charge on any atom is -0.370 e. The van der Waals surface area contributed by atoms with Crippen molar-refractivity contribution in [1.82, 2.24) is 0 Å². The van der Waals surface area contributed by atoms with Gasteiger partial charge in [-0.25, -0.2) is 8.42 Å². The van der Waals surface area contributed by atoms with Crippen molar-refractivity contribution in [2.24, 2.45) is 5.73 Å². The SMILES string of the molecule is Cc1cc(N2CCCS(=O)(=O)CC2)ccc1CC(C)N.